The Kier molecular flexibility index (Phi) is 3.06. The topological polar surface area (TPSA) is 74.8 Å². The molecule has 1 N–H and O–H groups in total. The minimum atomic E-state index is 0.0903. The zero-order valence-electron chi connectivity index (χ0n) is 9.23. The molecule has 1 amide bonds. The Bertz CT molecular complexity index is 613. The lowest BCUT2D eigenvalue weighted by Crippen LogP contribution is -2.26. The van der Waals surface area contributed by atoms with Crippen LogP contribution < -0.4 is 4.90 Å². The molecule has 94 valence electrons. The van der Waals surface area contributed by atoms with Gasteiger partial charge in [0.2, 0.25) is 5.91 Å². The number of anilines is 1. The number of halogens is 2. The second-order valence-corrected chi connectivity index (χ2v) is 5.60. The van der Waals surface area contributed by atoms with Crippen LogP contribution in [0.25, 0.3) is 11.0 Å². The summed E-state index contributed by atoms with van der Waals surface area (Å²) in [6.07, 6.45) is 1.98. The molecule has 1 saturated heterocycles. The predicted octanol–water partition coefficient (Wildman–Crippen LogP) is 1.86. The Balaban J connectivity index is 2.09. The Morgan fingerprint density at radius 1 is 1.50 bits per heavy atom. The van der Waals surface area contributed by atoms with Gasteiger partial charge in [0.15, 0.2) is 11.5 Å². The van der Waals surface area contributed by atoms with E-state index < -0.39 is 0 Å². The number of nitrogens with zero attached hydrogens (tertiary/aromatic N) is 4. The fraction of sp³-hybridized carbons (Fsp3) is 0.400. The molecular weight excluding hydrogens is 366 g/mol. The summed E-state index contributed by atoms with van der Waals surface area (Å²) in [5.74, 6) is 1.04. The number of H-pyrrole nitrogens is 1. The number of hydrogen-bond acceptors (Lipinski definition) is 4. The van der Waals surface area contributed by atoms with E-state index in [2.05, 4.69) is 52.0 Å². The number of carbonyl (C=O) groups is 1. The lowest BCUT2D eigenvalue weighted by atomic mass is 10.2. The number of fused-ring (bicyclic) bond motifs is 1. The van der Waals surface area contributed by atoms with Crippen LogP contribution in [-0.2, 0) is 4.79 Å². The molecule has 0 radical (unpaired) electrons. The zero-order chi connectivity index (χ0) is 12.7. The third-order valence-electron chi connectivity index (χ3n) is 2.97. The third-order valence-corrected chi connectivity index (χ3v) is 4.46. The van der Waals surface area contributed by atoms with Crippen LogP contribution in [0.4, 0.5) is 5.82 Å². The average molecular weight is 375 g/mol. The van der Waals surface area contributed by atoms with Gasteiger partial charge in [-0.3, -0.25) is 14.8 Å². The van der Waals surface area contributed by atoms with E-state index in [4.69, 9.17) is 0 Å². The fourth-order valence-electron chi connectivity index (χ4n) is 2.10. The molecule has 2 aromatic heterocycles. The summed E-state index contributed by atoms with van der Waals surface area (Å²) in [6.45, 7) is 0.674. The molecule has 3 heterocycles. The first-order chi connectivity index (χ1) is 8.70. The summed E-state index contributed by atoms with van der Waals surface area (Å²) in [5, 5.41) is 8.41. The normalized spacial score (nSPS) is 20.0. The summed E-state index contributed by atoms with van der Waals surface area (Å²) >= 11 is 6.79. The van der Waals surface area contributed by atoms with E-state index in [0.717, 1.165) is 10.7 Å². The number of nitrogens with one attached hydrogen (secondary N) is 1. The number of hydrogen-bond donors (Lipinski definition) is 1. The van der Waals surface area contributed by atoms with Gasteiger partial charge in [0.05, 0.1) is 5.39 Å². The van der Waals surface area contributed by atoms with Gasteiger partial charge in [-0.1, -0.05) is 15.9 Å². The fourth-order valence-corrected chi connectivity index (χ4v) is 2.98. The number of alkyl halides is 1. The van der Waals surface area contributed by atoms with Crippen molar-refractivity contribution in [2.45, 2.75) is 6.42 Å². The Labute approximate surface area is 119 Å². The second-order valence-electron chi connectivity index (χ2n) is 4.16. The molecule has 0 aromatic carbocycles. The molecule has 1 aliphatic rings. The molecule has 0 saturated carbocycles. The predicted molar refractivity (Wildman–Crippen MR) is 73.6 cm³/mol. The van der Waals surface area contributed by atoms with Gasteiger partial charge in [0, 0.05) is 18.3 Å². The van der Waals surface area contributed by atoms with E-state index in [1.54, 1.807) is 4.90 Å². The van der Waals surface area contributed by atoms with E-state index in [1.807, 2.05) is 0 Å². The van der Waals surface area contributed by atoms with Crippen molar-refractivity contribution in [2.75, 3.05) is 16.8 Å². The zero-order valence-corrected chi connectivity index (χ0v) is 12.4. The molecule has 0 spiro atoms. The Morgan fingerprint density at radius 2 is 2.33 bits per heavy atom. The summed E-state index contributed by atoms with van der Waals surface area (Å²) in [6, 6.07) is 0. The Morgan fingerprint density at radius 3 is 3.06 bits per heavy atom. The number of carbonyl (C=O) groups excluding carboxylic acids is 1. The van der Waals surface area contributed by atoms with Crippen molar-refractivity contribution in [1.29, 1.82) is 0 Å². The molecule has 1 fully saturated rings. The van der Waals surface area contributed by atoms with Gasteiger partial charge in [0.25, 0.3) is 0 Å². The molecular formula is C10H9Br2N5O. The third kappa shape index (κ3) is 1.83. The van der Waals surface area contributed by atoms with Crippen LogP contribution in [0.15, 0.2) is 10.9 Å². The van der Waals surface area contributed by atoms with Crippen molar-refractivity contribution >= 4 is 54.6 Å². The molecule has 2 aromatic rings. The van der Waals surface area contributed by atoms with Gasteiger partial charge in [-0.25, -0.2) is 9.97 Å². The van der Waals surface area contributed by atoms with E-state index in [-0.39, 0.29) is 5.91 Å². The highest BCUT2D eigenvalue weighted by atomic mass is 79.9. The molecule has 0 bridgehead atoms. The molecule has 3 rings (SSSR count). The van der Waals surface area contributed by atoms with Crippen LogP contribution in [0.2, 0.25) is 0 Å². The lowest BCUT2D eigenvalue weighted by molar-refractivity contribution is -0.117. The van der Waals surface area contributed by atoms with Crippen LogP contribution in [0.3, 0.4) is 0 Å². The van der Waals surface area contributed by atoms with Gasteiger partial charge < -0.3 is 0 Å². The molecule has 1 unspecified atom stereocenters. The maximum Gasteiger partial charge on any atom is 0.228 e. The SMILES string of the molecule is O=C1CC(CBr)CN1c1ncnc2n[nH]c(Br)c12. The summed E-state index contributed by atoms with van der Waals surface area (Å²) < 4.78 is 0.697. The van der Waals surface area contributed by atoms with Gasteiger partial charge in [0.1, 0.15) is 10.9 Å². The highest BCUT2D eigenvalue weighted by Crippen LogP contribution is 2.32. The number of aromatic nitrogens is 4. The minimum Gasteiger partial charge on any atom is -0.296 e. The minimum absolute atomic E-state index is 0.0903. The maximum absolute atomic E-state index is 12.0. The summed E-state index contributed by atoms with van der Waals surface area (Å²) in [7, 11) is 0. The van der Waals surface area contributed by atoms with E-state index in [0.29, 0.717) is 35.0 Å². The average Bonchev–Trinajstić information content (AvgIpc) is 2.93. The van der Waals surface area contributed by atoms with Gasteiger partial charge in [-0.05, 0) is 21.8 Å². The highest BCUT2D eigenvalue weighted by molar-refractivity contribution is 9.10. The molecule has 8 heteroatoms. The van der Waals surface area contributed by atoms with Gasteiger partial charge >= 0.3 is 0 Å². The number of amides is 1. The summed E-state index contributed by atoms with van der Waals surface area (Å²) in [5.41, 5.74) is 0.557. The van der Waals surface area contributed by atoms with E-state index in [1.165, 1.54) is 6.33 Å². The molecule has 0 aliphatic carbocycles. The van der Waals surface area contributed by atoms with Gasteiger partial charge in [-0.15, -0.1) is 0 Å². The second kappa shape index (κ2) is 4.58. The molecule has 1 atom stereocenters. The molecule has 1 aliphatic heterocycles. The highest BCUT2D eigenvalue weighted by Gasteiger charge is 2.32. The van der Waals surface area contributed by atoms with Crippen molar-refractivity contribution in [3.8, 4) is 0 Å². The van der Waals surface area contributed by atoms with Gasteiger partial charge in [-0.2, -0.15) is 5.10 Å². The van der Waals surface area contributed by atoms with Crippen LogP contribution >= 0.6 is 31.9 Å². The van der Waals surface area contributed by atoms with Crippen LogP contribution in [0.1, 0.15) is 6.42 Å². The maximum atomic E-state index is 12.0. The van der Waals surface area contributed by atoms with Crippen molar-refractivity contribution in [3.05, 3.63) is 10.9 Å². The van der Waals surface area contributed by atoms with Crippen LogP contribution in [0, 0.1) is 5.92 Å². The van der Waals surface area contributed by atoms with Crippen molar-refractivity contribution in [3.63, 3.8) is 0 Å². The van der Waals surface area contributed by atoms with Crippen LogP contribution in [0.5, 0.6) is 0 Å². The van der Waals surface area contributed by atoms with Crippen molar-refractivity contribution < 1.29 is 4.79 Å². The first-order valence-electron chi connectivity index (χ1n) is 5.41. The number of rotatable bonds is 2. The quantitative estimate of drug-likeness (QED) is 0.814. The smallest absolute Gasteiger partial charge is 0.228 e. The largest absolute Gasteiger partial charge is 0.296 e. The van der Waals surface area contributed by atoms with E-state index in [9.17, 15) is 4.79 Å². The Hall–Kier alpha value is -1.02. The van der Waals surface area contributed by atoms with Crippen LogP contribution in [-0.4, -0.2) is 37.9 Å². The molecule has 18 heavy (non-hydrogen) atoms. The monoisotopic (exact) mass is 373 g/mol. The van der Waals surface area contributed by atoms with Crippen molar-refractivity contribution in [2.24, 2.45) is 5.92 Å². The first kappa shape index (κ1) is 12.0. The summed E-state index contributed by atoms with van der Waals surface area (Å²) in [4.78, 5) is 22.0. The van der Waals surface area contributed by atoms with Crippen molar-refractivity contribution in [1.82, 2.24) is 20.2 Å². The van der Waals surface area contributed by atoms with E-state index >= 15 is 0 Å². The molecule has 6 nitrogen and oxygen atoms in total. The number of aromatic amines is 1. The lowest BCUT2D eigenvalue weighted by Gasteiger charge is -2.15. The first-order valence-corrected chi connectivity index (χ1v) is 7.33. The standard InChI is InChI=1S/C10H9Br2N5O/c11-2-5-1-6(18)17(3-5)10-7-8(12)15-16-9(7)13-4-14-10/h4-5H,1-3H2,(H,13,14,15,16).